The molecular formula is C29H38N4O3. The van der Waals surface area contributed by atoms with Crippen molar-refractivity contribution < 1.29 is 14.3 Å². The SMILES string of the molecule is CCOc1ccc2c(N(C)N(C)C)c(-c3ccc(NC(=O)OC(C)C4CC4)cc3)n(C3CCC3)c2c1. The standard InChI is InChI=1S/C29H38N4O3/c1-6-35-24-16-17-25-26(18-24)33(23-8-7-9-23)27(28(25)32(5)31(3)4)21-12-14-22(15-13-21)30-29(34)36-19(2)20-10-11-20/h12-20,23H,6-11H2,1-5H3,(H,30,34). The van der Waals surface area contributed by atoms with E-state index >= 15 is 0 Å². The van der Waals surface area contributed by atoms with Gasteiger partial charge in [0.1, 0.15) is 11.9 Å². The van der Waals surface area contributed by atoms with Crippen LogP contribution < -0.4 is 15.1 Å². The Labute approximate surface area is 213 Å². The maximum atomic E-state index is 12.4. The molecule has 0 bridgehead atoms. The molecule has 0 aliphatic heterocycles. The molecule has 0 saturated heterocycles. The highest BCUT2D eigenvalue weighted by Crippen LogP contribution is 2.47. The lowest BCUT2D eigenvalue weighted by atomic mass is 9.92. The molecule has 0 spiro atoms. The Balaban J connectivity index is 1.54. The quantitative estimate of drug-likeness (QED) is 0.339. The molecule has 1 atom stereocenters. The van der Waals surface area contributed by atoms with Crippen LogP contribution in [0.2, 0.25) is 0 Å². The maximum absolute atomic E-state index is 12.4. The van der Waals surface area contributed by atoms with E-state index in [0.29, 0.717) is 18.6 Å². The molecule has 2 aromatic carbocycles. The van der Waals surface area contributed by atoms with Gasteiger partial charge in [0.15, 0.2) is 0 Å². The molecule has 1 unspecified atom stereocenters. The predicted octanol–water partition coefficient (Wildman–Crippen LogP) is 6.69. The summed E-state index contributed by atoms with van der Waals surface area (Å²) in [4.78, 5) is 12.4. The van der Waals surface area contributed by atoms with Crippen molar-refractivity contribution in [3.8, 4) is 17.0 Å². The van der Waals surface area contributed by atoms with Crippen LogP contribution in [0.15, 0.2) is 42.5 Å². The molecule has 7 heteroatoms. The molecule has 2 aliphatic carbocycles. The molecule has 5 rings (SSSR count). The van der Waals surface area contributed by atoms with Gasteiger partial charge in [0, 0.05) is 49.9 Å². The summed E-state index contributed by atoms with van der Waals surface area (Å²) in [6, 6.07) is 15.0. The van der Waals surface area contributed by atoms with Gasteiger partial charge in [0.05, 0.1) is 23.5 Å². The average molecular weight is 491 g/mol. The van der Waals surface area contributed by atoms with Gasteiger partial charge in [-0.3, -0.25) is 5.32 Å². The van der Waals surface area contributed by atoms with Gasteiger partial charge < -0.3 is 19.0 Å². The molecule has 192 valence electrons. The molecule has 1 aromatic heterocycles. The Bertz CT molecular complexity index is 1230. The third kappa shape index (κ3) is 4.76. The number of benzene rings is 2. The fourth-order valence-corrected chi connectivity index (χ4v) is 5.05. The lowest BCUT2D eigenvalue weighted by molar-refractivity contribution is 0.108. The van der Waals surface area contributed by atoms with Crippen LogP contribution in [0.1, 0.15) is 52.0 Å². The largest absolute Gasteiger partial charge is 0.494 e. The van der Waals surface area contributed by atoms with Crippen LogP contribution in [0.5, 0.6) is 5.75 Å². The predicted molar refractivity (Wildman–Crippen MR) is 146 cm³/mol. The summed E-state index contributed by atoms with van der Waals surface area (Å²) in [5, 5.41) is 8.41. The van der Waals surface area contributed by atoms with Crippen molar-refractivity contribution in [2.45, 2.75) is 58.1 Å². The van der Waals surface area contributed by atoms with Gasteiger partial charge in [-0.15, -0.1) is 0 Å². The minimum absolute atomic E-state index is 0.0341. The Morgan fingerprint density at radius 2 is 1.81 bits per heavy atom. The zero-order valence-electron chi connectivity index (χ0n) is 22.1. The van der Waals surface area contributed by atoms with Crippen molar-refractivity contribution in [1.29, 1.82) is 0 Å². The van der Waals surface area contributed by atoms with Gasteiger partial charge in [0.25, 0.3) is 0 Å². The third-order valence-corrected chi connectivity index (χ3v) is 7.61. The summed E-state index contributed by atoms with van der Waals surface area (Å²) in [6.07, 6.45) is 5.46. The highest BCUT2D eigenvalue weighted by molar-refractivity contribution is 6.03. The van der Waals surface area contributed by atoms with Crippen molar-refractivity contribution in [3.63, 3.8) is 0 Å². The third-order valence-electron chi connectivity index (χ3n) is 7.61. The zero-order valence-corrected chi connectivity index (χ0v) is 22.1. The Kier molecular flexibility index (Phi) is 6.84. The van der Waals surface area contributed by atoms with Crippen LogP contribution in [0.4, 0.5) is 16.2 Å². The highest BCUT2D eigenvalue weighted by atomic mass is 16.6. The number of rotatable bonds is 9. The van der Waals surface area contributed by atoms with Gasteiger partial charge in [-0.25, -0.2) is 9.80 Å². The number of nitrogens with zero attached hydrogens (tertiary/aromatic N) is 3. The van der Waals surface area contributed by atoms with E-state index in [1.165, 1.54) is 41.5 Å². The Morgan fingerprint density at radius 3 is 2.39 bits per heavy atom. The fourth-order valence-electron chi connectivity index (χ4n) is 5.05. The molecular weight excluding hydrogens is 452 g/mol. The Morgan fingerprint density at radius 1 is 1.08 bits per heavy atom. The topological polar surface area (TPSA) is 59.0 Å². The molecule has 0 radical (unpaired) electrons. The van der Waals surface area contributed by atoms with Crippen LogP contribution >= 0.6 is 0 Å². The molecule has 2 fully saturated rings. The van der Waals surface area contributed by atoms with Crippen molar-refractivity contribution in [2.75, 3.05) is 38.1 Å². The van der Waals surface area contributed by atoms with E-state index in [1.807, 2.05) is 26.0 Å². The fraction of sp³-hybridized carbons (Fsp3) is 0.483. The smallest absolute Gasteiger partial charge is 0.411 e. The monoisotopic (exact) mass is 490 g/mol. The molecule has 1 amide bonds. The number of amides is 1. The van der Waals surface area contributed by atoms with E-state index in [4.69, 9.17) is 9.47 Å². The number of carbonyl (C=O) groups is 1. The first-order valence-electron chi connectivity index (χ1n) is 13.2. The van der Waals surface area contributed by atoms with E-state index in [0.717, 1.165) is 29.8 Å². The van der Waals surface area contributed by atoms with Crippen LogP contribution in [0.3, 0.4) is 0 Å². The number of hydrogen-bond acceptors (Lipinski definition) is 5. The number of ether oxygens (including phenoxy) is 2. The second-order valence-electron chi connectivity index (χ2n) is 10.3. The van der Waals surface area contributed by atoms with E-state index in [-0.39, 0.29) is 12.2 Å². The van der Waals surface area contributed by atoms with Gasteiger partial charge in [0.2, 0.25) is 0 Å². The van der Waals surface area contributed by atoms with Crippen molar-refractivity contribution in [3.05, 3.63) is 42.5 Å². The minimum Gasteiger partial charge on any atom is -0.494 e. The lowest BCUT2D eigenvalue weighted by Gasteiger charge is -2.32. The van der Waals surface area contributed by atoms with E-state index in [2.05, 4.69) is 71.4 Å². The number of carbonyl (C=O) groups excluding carboxylic acids is 1. The van der Waals surface area contributed by atoms with E-state index < -0.39 is 0 Å². The summed E-state index contributed by atoms with van der Waals surface area (Å²) >= 11 is 0. The molecule has 2 aliphatic rings. The summed E-state index contributed by atoms with van der Waals surface area (Å²) in [5.74, 6) is 1.41. The highest BCUT2D eigenvalue weighted by Gasteiger charge is 2.31. The lowest BCUT2D eigenvalue weighted by Crippen LogP contribution is -2.33. The normalized spacial score (nSPS) is 16.6. The van der Waals surface area contributed by atoms with Crippen molar-refractivity contribution in [2.24, 2.45) is 5.92 Å². The van der Waals surface area contributed by atoms with Gasteiger partial charge in [-0.2, -0.15) is 0 Å². The van der Waals surface area contributed by atoms with Gasteiger partial charge >= 0.3 is 6.09 Å². The number of nitrogens with one attached hydrogen (secondary N) is 1. The molecule has 1 N–H and O–H groups in total. The summed E-state index contributed by atoms with van der Waals surface area (Å²) in [6.45, 7) is 4.63. The number of hydrogen-bond donors (Lipinski definition) is 1. The first-order valence-corrected chi connectivity index (χ1v) is 13.2. The number of anilines is 2. The molecule has 1 heterocycles. The van der Waals surface area contributed by atoms with Crippen LogP contribution in [-0.2, 0) is 4.74 Å². The first kappa shape index (κ1) is 24.5. The molecule has 2 saturated carbocycles. The Hall–Kier alpha value is -3.19. The van der Waals surface area contributed by atoms with Crippen LogP contribution in [-0.4, -0.2) is 49.5 Å². The van der Waals surface area contributed by atoms with Gasteiger partial charge in [-0.1, -0.05) is 12.1 Å². The number of hydrazine groups is 1. The summed E-state index contributed by atoms with van der Waals surface area (Å²) in [7, 11) is 6.23. The molecule has 3 aromatic rings. The second kappa shape index (κ2) is 10.1. The van der Waals surface area contributed by atoms with Gasteiger partial charge in [-0.05, 0) is 76.1 Å². The summed E-state index contributed by atoms with van der Waals surface area (Å²) in [5.41, 5.74) is 5.41. The first-order chi connectivity index (χ1) is 17.4. The van der Waals surface area contributed by atoms with Crippen LogP contribution in [0.25, 0.3) is 22.2 Å². The molecule has 7 nitrogen and oxygen atoms in total. The average Bonchev–Trinajstić information content (AvgIpc) is 3.62. The van der Waals surface area contributed by atoms with Crippen molar-refractivity contribution in [1.82, 2.24) is 9.58 Å². The zero-order chi connectivity index (χ0) is 25.4. The van der Waals surface area contributed by atoms with E-state index in [1.54, 1.807) is 0 Å². The second-order valence-corrected chi connectivity index (χ2v) is 10.3. The number of aromatic nitrogens is 1. The number of fused-ring (bicyclic) bond motifs is 1. The van der Waals surface area contributed by atoms with E-state index in [9.17, 15) is 4.79 Å². The summed E-state index contributed by atoms with van der Waals surface area (Å²) < 4.78 is 13.9. The minimum atomic E-state index is -0.387. The van der Waals surface area contributed by atoms with Crippen molar-refractivity contribution >= 4 is 28.4 Å². The van der Waals surface area contributed by atoms with Crippen LogP contribution in [0, 0.1) is 5.92 Å². The maximum Gasteiger partial charge on any atom is 0.411 e. The molecule has 36 heavy (non-hydrogen) atoms.